The van der Waals surface area contributed by atoms with Gasteiger partial charge in [0.2, 0.25) is 0 Å². The summed E-state index contributed by atoms with van der Waals surface area (Å²) in [5.41, 5.74) is 8.37. The van der Waals surface area contributed by atoms with Crippen LogP contribution >= 0.6 is 28.1 Å². The minimum absolute atomic E-state index is 0.0120. The first-order valence-electron chi connectivity index (χ1n) is 6.09. The lowest BCUT2D eigenvalue weighted by molar-refractivity contribution is 0.626. The Hall–Kier alpha value is -1.46. The topological polar surface area (TPSA) is 38.0 Å². The van der Waals surface area contributed by atoms with Crippen molar-refractivity contribution in [1.82, 2.24) is 0 Å². The Labute approximate surface area is 131 Å². The summed E-state index contributed by atoms with van der Waals surface area (Å²) in [4.78, 5) is 0.325. The van der Waals surface area contributed by atoms with Crippen LogP contribution in [0.1, 0.15) is 24.1 Å². The Kier molecular flexibility index (Phi) is 4.73. The van der Waals surface area contributed by atoms with Gasteiger partial charge >= 0.3 is 0 Å². The number of thiocarbonyl (C=S) groups is 1. The van der Waals surface area contributed by atoms with Gasteiger partial charge in [0.1, 0.15) is 10.8 Å². The zero-order valence-corrected chi connectivity index (χ0v) is 13.3. The van der Waals surface area contributed by atoms with Crippen LogP contribution in [-0.4, -0.2) is 4.99 Å². The number of hydrogen-bond acceptors (Lipinski definition) is 2. The molecule has 20 heavy (non-hydrogen) atoms. The van der Waals surface area contributed by atoms with Crippen LogP contribution in [0.4, 0.5) is 10.1 Å². The summed E-state index contributed by atoms with van der Waals surface area (Å²) < 4.78 is 13.8. The Bertz CT molecular complexity index is 628. The van der Waals surface area contributed by atoms with Crippen LogP contribution in [0.5, 0.6) is 0 Å². The maximum Gasteiger partial charge on any atom is 0.123 e. The molecule has 0 heterocycles. The number of nitrogens with one attached hydrogen (secondary N) is 1. The highest BCUT2D eigenvalue weighted by Crippen LogP contribution is 2.28. The van der Waals surface area contributed by atoms with Gasteiger partial charge in [-0.3, -0.25) is 0 Å². The van der Waals surface area contributed by atoms with E-state index in [1.165, 1.54) is 12.1 Å². The molecular formula is C15H14BrFN2S. The highest BCUT2D eigenvalue weighted by atomic mass is 79.9. The fourth-order valence-corrected chi connectivity index (χ4v) is 2.89. The Morgan fingerprint density at radius 1 is 1.25 bits per heavy atom. The van der Waals surface area contributed by atoms with E-state index in [-0.39, 0.29) is 11.9 Å². The van der Waals surface area contributed by atoms with E-state index >= 15 is 0 Å². The molecule has 2 aromatic rings. The largest absolute Gasteiger partial charge is 0.389 e. The maximum absolute atomic E-state index is 12.9. The number of rotatable bonds is 4. The molecule has 2 aromatic carbocycles. The molecule has 2 rings (SSSR count). The molecule has 104 valence electrons. The zero-order valence-electron chi connectivity index (χ0n) is 10.9. The molecule has 1 atom stereocenters. The first kappa shape index (κ1) is 14.9. The molecule has 0 aliphatic carbocycles. The molecule has 1 unspecified atom stereocenters. The Morgan fingerprint density at radius 2 is 1.90 bits per heavy atom. The molecule has 0 amide bonds. The average Bonchev–Trinajstić information content (AvgIpc) is 2.39. The second-order valence-corrected chi connectivity index (χ2v) is 5.74. The highest BCUT2D eigenvalue weighted by Gasteiger charge is 2.12. The molecule has 0 saturated heterocycles. The summed E-state index contributed by atoms with van der Waals surface area (Å²) in [5.74, 6) is -0.243. The lowest BCUT2D eigenvalue weighted by Gasteiger charge is -2.19. The van der Waals surface area contributed by atoms with Crippen LogP contribution in [0.25, 0.3) is 0 Å². The van der Waals surface area contributed by atoms with E-state index in [0.29, 0.717) is 4.99 Å². The summed E-state index contributed by atoms with van der Waals surface area (Å²) in [5, 5.41) is 3.35. The van der Waals surface area contributed by atoms with Crippen LogP contribution in [0.2, 0.25) is 0 Å². The van der Waals surface area contributed by atoms with E-state index in [1.54, 1.807) is 12.1 Å². The molecular weight excluding hydrogens is 339 g/mol. The third-order valence-corrected chi connectivity index (χ3v) is 3.87. The predicted octanol–water partition coefficient (Wildman–Crippen LogP) is 4.40. The van der Waals surface area contributed by atoms with Gasteiger partial charge in [-0.15, -0.1) is 0 Å². The van der Waals surface area contributed by atoms with Crippen LogP contribution in [0.3, 0.4) is 0 Å². The Balaban J connectivity index is 2.28. The summed E-state index contributed by atoms with van der Waals surface area (Å²) >= 11 is 8.53. The molecule has 0 aliphatic rings. The minimum Gasteiger partial charge on any atom is -0.389 e. The van der Waals surface area contributed by atoms with Crippen molar-refractivity contribution in [3.8, 4) is 0 Å². The van der Waals surface area contributed by atoms with Crippen molar-refractivity contribution in [3.05, 3.63) is 63.9 Å². The molecule has 0 bridgehead atoms. The number of nitrogens with two attached hydrogens (primary N) is 1. The number of anilines is 1. The minimum atomic E-state index is -0.243. The fourth-order valence-electron chi connectivity index (χ4n) is 1.96. The van der Waals surface area contributed by atoms with Crippen molar-refractivity contribution in [3.63, 3.8) is 0 Å². The summed E-state index contributed by atoms with van der Waals surface area (Å²) in [6.07, 6.45) is 0. The predicted molar refractivity (Wildman–Crippen MR) is 88.5 cm³/mol. The molecule has 3 N–H and O–H groups in total. The number of halogens is 2. The second kappa shape index (κ2) is 6.33. The van der Waals surface area contributed by atoms with E-state index in [1.807, 2.05) is 25.1 Å². The van der Waals surface area contributed by atoms with E-state index in [0.717, 1.165) is 21.3 Å². The quantitative estimate of drug-likeness (QED) is 0.801. The van der Waals surface area contributed by atoms with Crippen molar-refractivity contribution in [2.24, 2.45) is 5.73 Å². The fraction of sp³-hybridized carbons (Fsp3) is 0.133. The summed E-state index contributed by atoms with van der Waals surface area (Å²) in [7, 11) is 0. The van der Waals surface area contributed by atoms with Crippen molar-refractivity contribution < 1.29 is 4.39 Å². The average molecular weight is 353 g/mol. The van der Waals surface area contributed by atoms with Crippen LogP contribution in [0, 0.1) is 5.82 Å². The van der Waals surface area contributed by atoms with E-state index in [2.05, 4.69) is 21.2 Å². The SMILES string of the molecule is CC(Nc1cccc(Br)c1C(N)=S)c1ccc(F)cc1. The standard InChI is InChI=1S/C15H14BrFN2S/c1-9(10-5-7-11(17)8-6-10)19-13-4-2-3-12(16)14(13)15(18)20/h2-9,19H,1H3,(H2,18,20). The lowest BCUT2D eigenvalue weighted by Crippen LogP contribution is -2.15. The van der Waals surface area contributed by atoms with Crippen molar-refractivity contribution in [1.29, 1.82) is 0 Å². The van der Waals surface area contributed by atoms with Crippen LogP contribution in [0.15, 0.2) is 46.9 Å². The van der Waals surface area contributed by atoms with Crippen LogP contribution < -0.4 is 11.1 Å². The van der Waals surface area contributed by atoms with E-state index in [4.69, 9.17) is 18.0 Å². The van der Waals surface area contributed by atoms with Gasteiger partial charge in [-0.1, -0.05) is 30.4 Å². The molecule has 0 saturated carbocycles. The summed E-state index contributed by atoms with van der Waals surface area (Å²) in [6.45, 7) is 2.00. The highest BCUT2D eigenvalue weighted by molar-refractivity contribution is 9.10. The van der Waals surface area contributed by atoms with Gasteiger partial charge in [-0.2, -0.15) is 0 Å². The lowest BCUT2D eigenvalue weighted by atomic mass is 10.1. The van der Waals surface area contributed by atoms with Gasteiger partial charge < -0.3 is 11.1 Å². The first-order chi connectivity index (χ1) is 9.49. The van der Waals surface area contributed by atoms with Crippen LogP contribution in [-0.2, 0) is 0 Å². The zero-order chi connectivity index (χ0) is 14.7. The number of hydrogen-bond donors (Lipinski definition) is 2. The summed E-state index contributed by atoms with van der Waals surface area (Å²) in [6, 6.07) is 12.1. The molecule has 5 heteroatoms. The normalized spacial score (nSPS) is 11.9. The van der Waals surface area contributed by atoms with E-state index < -0.39 is 0 Å². The van der Waals surface area contributed by atoms with Gasteiger partial charge in [0.15, 0.2) is 0 Å². The third-order valence-electron chi connectivity index (χ3n) is 3.00. The molecule has 0 spiro atoms. The first-order valence-corrected chi connectivity index (χ1v) is 7.29. The number of benzene rings is 2. The smallest absolute Gasteiger partial charge is 0.123 e. The van der Waals surface area contributed by atoms with E-state index in [9.17, 15) is 4.39 Å². The molecule has 0 fully saturated rings. The maximum atomic E-state index is 12.9. The molecule has 0 radical (unpaired) electrons. The molecule has 0 aliphatic heterocycles. The molecule has 2 nitrogen and oxygen atoms in total. The van der Waals surface area contributed by atoms with Crippen molar-refractivity contribution >= 4 is 38.8 Å². The second-order valence-electron chi connectivity index (χ2n) is 4.44. The monoisotopic (exact) mass is 352 g/mol. The van der Waals surface area contributed by atoms with Crippen molar-refractivity contribution in [2.75, 3.05) is 5.32 Å². The van der Waals surface area contributed by atoms with Gasteiger partial charge in [-0.25, -0.2) is 4.39 Å². The molecule has 0 aromatic heterocycles. The van der Waals surface area contributed by atoms with Gasteiger partial charge in [0.05, 0.1) is 0 Å². The van der Waals surface area contributed by atoms with Gasteiger partial charge in [0, 0.05) is 21.8 Å². The van der Waals surface area contributed by atoms with Gasteiger partial charge in [0.25, 0.3) is 0 Å². The van der Waals surface area contributed by atoms with Crippen molar-refractivity contribution in [2.45, 2.75) is 13.0 Å². The van der Waals surface area contributed by atoms with Gasteiger partial charge in [-0.05, 0) is 52.7 Å². The third kappa shape index (κ3) is 3.35. The Morgan fingerprint density at radius 3 is 2.50 bits per heavy atom.